The summed E-state index contributed by atoms with van der Waals surface area (Å²) in [5.74, 6) is -1.23. The van der Waals surface area contributed by atoms with E-state index in [1.165, 1.54) is 18.2 Å². The Bertz CT molecular complexity index is 1340. The molecule has 1 N–H and O–H groups in total. The second-order valence-electron chi connectivity index (χ2n) is 6.83. The van der Waals surface area contributed by atoms with Crippen LogP contribution in [0.2, 0.25) is 0 Å². The second kappa shape index (κ2) is 7.42. The predicted molar refractivity (Wildman–Crippen MR) is 115 cm³/mol. The van der Waals surface area contributed by atoms with E-state index in [1.807, 2.05) is 18.2 Å². The minimum Gasteiger partial charge on any atom is -0.339 e. The van der Waals surface area contributed by atoms with Crippen LogP contribution in [0.1, 0.15) is 11.8 Å². The standard InChI is InChI=1S/C23H16F2N4S/c1-2-19-21(29-23(30-19)13-5-4-8-26-11-13)15-9-14-10-18(28-22(14)27-12-15)20-16(24)6-3-7-17(20)25/h3-12H,2H2,1H3,(H,27,28). The molecule has 30 heavy (non-hydrogen) atoms. The van der Waals surface area contributed by atoms with Gasteiger partial charge in [-0.3, -0.25) is 4.98 Å². The largest absolute Gasteiger partial charge is 0.339 e. The molecule has 5 rings (SSSR count). The van der Waals surface area contributed by atoms with Crippen LogP contribution in [0.3, 0.4) is 0 Å². The van der Waals surface area contributed by atoms with Gasteiger partial charge in [-0.25, -0.2) is 18.7 Å². The van der Waals surface area contributed by atoms with Gasteiger partial charge in [-0.1, -0.05) is 13.0 Å². The molecule has 0 bridgehead atoms. The SMILES string of the molecule is CCc1sc(-c2cccnc2)nc1-c1cnc2[nH]c(-c3c(F)cccc3F)cc2c1. The van der Waals surface area contributed by atoms with Gasteiger partial charge in [-0.2, -0.15) is 0 Å². The van der Waals surface area contributed by atoms with Crippen LogP contribution in [-0.2, 0) is 6.42 Å². The van der Waals surface area contributed by atoms with Crippen molar-refractivity contribution >= 4 is 22.4 Å². The number of pyridine rings is 2. The second-order valence-corrected chi connectivity index (χ2v) is 7.91. The lowest BCUT2D eigenvalue weighted by atomic mass is 10.1. The molecule has 0 fully saturated rings. The zero-order valence-electron chi connectivity index (χ0n) is 16.0. The smallest absolute Gasteiger partial charge is 0.137 e. The van der Waals surface area contributed by atoms with Crippen LogP contribution in [0.4, 0.5) is 8.78 Å². The number of aromatic amines is 1. The van der Waals surface area contributed by atoms with Crippen LogP contribution in [-0.4, -0.2) is 19.9 Å². The van der Waals surface area contributed by atoms with Gasteiger partial charge in [0, 0.05) is 40.0 Å². The van der Waals surface area contributed by atoms with Gasteiger partial charge in [-0.15, -0.1) is 11.3 Å². The number of hydrogen-bond acceptors (Lipinski definition) is 4. The van der Waals surface area contributed by atoms with E-state index >= 15 is 0 Å². The normalized spacial score (nSPS) is 11.3. The first kappa shape index (κ1) is 18.6. The number of nitrogens with one attached hydrogen (secondary N) is 1. The molecule has 0 atom stereocenters. The van der Waals surface area contributed by atoms with E-state index in [0.717, 1.165) is 38.5 Å². The van der Waals surface area contributed by atoms with Gasteiger partial charge in [0.05, 0.1) is 17.0 Å². The average molecular weight is 418 g/mol. The fourth-order valence-corrected chi connectivity index (χ4v) is 4.48. The minimum absolute atomic E-state index is 0.0844. The van der Waals surface area contributed by atoms with Crippen molar-refractivity contribution in [3.8, 4) is 33.1 Å². The molecule has 4 heterocycles. The maximum absolute atomic E-state index is 14.2. The molecule has 4 nitrogen and oxygen atoms in total. The van der Waals surface area contributed by atoms with E-state index in [9.17, 15) is 8.78 Å². The molecule has 5 aromatic rings. The zero-order chi connectivity index (χ0) is 20.7. The van der Waals surface area contributed by atoms with Crippen molar-refractivity contribution in [3.05, 3.63) is 77.6 Å². The van der Waals surface area contributed by atoms with E-state index in [1.54, 1.807) is 36.0 Å². The predicted octanol–water partition coefficient (Wildman–Crippen LogP) is 6.26. The van der Waals surface area contributed by atoms with Crippen LogP contribution in [0.25, 0.3) is 44.1 Å². The third-order valence-corrected chi connectivity index (χ3v) is 6.15. The lowest BCUT2D eigenvalue weighted by molar-refractivity contribution is 0.589. The molecular weight excluding hydrogens is 402 g/mol. The van der Waals surface area contributed by atoms with Crippen molar-refractivity contribution in [2.45, 2.75) is 13.3 Å². The topological polar surface area (TPSA) is 54.5 Å². The molecule has 0 amide bonds. The highest BCUT2D eigenvalue weighted by Gasteiger charge is 2.17. The first-order valence-corrected chi connectivity index (χ1v) is 10.3. The number of aromatic nitrogens is 4. The summed E-state index contributed by atoms with van der Waals surface area (Å²) in [5, 5.41) is 1.67. The fraction of sp³-hybridized carbons (Fsp3) is 0.0870. The van der Waals surface area contributed by atoms with Gasteiger partial charge in [0.1, 0.15) is 22.3 Å². The number of H-pyrrole nitrogens is 1. The van der Waals surface area contributed by atoms with E-state index in [4.69, 9.17) is 4.98 Å². The van der Waals surface area contributed by atoms with Crippen molar-refractivity contribution < 1.29 is 8.78 Å². The Morgan fingerprint density at radius 3 is 2.57 bits per heavy atom. The van der Waals surface area contributed by atoms with E-state index < -0.39 is 11.6 Å². The summed E-state index contributed by atoms with van der Waals surface area (Å²) in [5.41, 5.74) is 3.54. The average Bonchev–Trinajstić information content (AvgIpc) is 3.38. The molecule has 1 aromatic carbocycles. The molecule has 0 spiro atoms. The number of rotatable bonds is 4. The highest BCUT2D eigenvalue weighted by atomic mass is 32.1. The lowest BCUT2D eigenvalue weighted by Crippen LogP contribution is -1.89. The minimum atomic E-state index is -0.615. The number of aryl methyl sites for hydroxylation is 1. The van der Waals surface area contributed by atoms with Gasteiger partial charge >= 0.3 is 0 Å². The maximum atomic E-state index is 14.2. The Labute approximate surface area is 175 Å². The first-order chi connectivity index (χ1) is 14.6. The summed E-state index contributed by atoms with van der Waals surface area (Å²) in [6, 6.07) is 11.4. The Morgan fingerprint density at radius 2 is 1.83 bits per heavy atom. The summed E-state index contributed by atoms with van der Waals surface area (Å²) in [6.45, 7) is 2.09. The van der Waals surface area contributed by atoms with E-state index in [2.05, 4.69) is 21.9 Å². The molecular formula is C23H16F2N4S. The van der Waals surface area contributed by atoms with Crippen LogP contribution in [0.5, 0.6) is 0 Å². The Balaban J connectivity index is 1.60. The number of hydrogen-bond donors (Lipinski definition) is 1. The fourth-order valence-electron chi connectivity index (χ4n) is 3.46. The highest BCUT2D eigenvalue weighted by Crippen LogP contribution is 2.35. The quantitative estimate of drug-likeness (QED) is 0.375. The van der Waals surface area contributed by atoms with Crippen LogP contribution < -0.4 is 0 Å². The Kier molecular flexibility index (Phi) is 4.59. The van der Waals surface area contributed by atoms with Crippen LogP contribution in [0.15, 0.2) is 61.1 Å². The monoisotopic (exact) mass is 418 g/mol. The lowest BCUT2D eigenvalue weighted by Gasteiger charge is -2.01. The number of halogens is 2. The van der Waals surface area contributed by atoms with E-state index in [-0.39, 0.29) is 5.56 Å². The highest BCUT2D eigenvalue weighted by molar-refractivity contribution is 7.15. The maximum Gasteiger partial charge on any atom is 0.137 e. The van der Waals surface area contributed by atoms with Gasteiger partial charge in [-0.05, 0) is 42.8 Å². The van der Waals surface area contributed by atoms with Crippen molar-refractivity contribution in [3.63, 3.8) is 0 Å². The van der Waals surface area contributed by atoms with Gasteiger partial charge in [0.25, 0.3) is 0 Å². The van der Waals surface area contributed by atoms with Gasteiger partial charge in [0.2, 0.25) is 0 Å². The molecule has 148 valence electrons. The van der Waals surface area contributed by atoms with Gasteiger partial charge < -0.3 is 4.98 Å². The summed E-state index contributed by atoms with van der Waals surface area (Å²) >= 11 is 1.63. The summed E-state index contributed by atoms with van der Waals surface area (Å²) < 4.78 is 28.4. The Morgan fingerprint density at radius 1 is 1.00 bits per heavy atom. The van der Waals surface area contributed by atoms with Crippen molar-refractivity contribution in [2.24, 2.45) is 0 Å². The third kappa shape index (κ3) is 3.17. The molecule has 0 aliphatic carbocycles. The molecule has 0 radical (unpaired) electrons. The van der Waals surface area contributed by atoms with Gasteiger partial charge in [0.15, 0.2) is 0 Å². The molecule has 0 saturated heterocycles. The Hall–Kier alpha value is -3.45. The molecule has 7 heteroatoms. The number of thiazole rings is 1. The van der Waals surface area contributed by atoms with E-state index in [0.29, 0.717) is 11.3 Å². The molecule has 0 saturated carbocycles. The number of nitrogens with zero attached hydrogens (tertiary/aromatic N) is 3. The third-order valence-electron chi connectivity index (χ3n) is 4.90. The molecule has 0 unspecified atom stereocenters. The zero-order valence-corrected chi connectivity index (χ0v) is 16.8. The summed E-state index contributed by atoms with van der Waals surface area (Å²) in [6.07, 6.45) is 6.11. The number of benzene rings is 1. The van der Waals surface area contributed by atoms with Crippen molar-refractivity contribution in [1.82, 2.24) is 19.9 Å². The van der Waals surface area contributed by atoms with Crippen molar-refractivity contribution in [2.75, 3.05) is 0 Å². The molecule has 0 aliphatic rings. The summed E-state index contributed by atoms with van der Waals surface area (Å²) in [4.78, 5) is 17.6. The summed E-state index contributed by atoms with van der Waals surface area (Å²) in [7, 11) is 0. The van der Waals surface area contributed by atoms with Crippen molar-refractivity contribution in [1.29, 1.82) is 0 Å². The molecule has 0 aliphatic heterocycles. The first-order valence-electron chi connectivity index (χ1n) is 9.47. The number of fused-ring (bicyclic) bond motifs is 1. The molecule has 4 aromatic heterocycles. The van der Waals surface area contributed by atoms with Crippen LogP contribution in [0, 0.1) is 11.6 Å². The van der Waals surface area contributed by atoms with Crippen LogP contribution >= 0.6 is 11.3 Å².